The van der Waals surface area contributed by atoms with E-state index in [9.17, 15) is 13.2 Å². The minimum Gasteiger partial charge on any atom is -0.494 e. The lowest BCUT2D eigenvalue weighted by atomic mass is 9.99. The van der Waals surface area contributed by atoms with Crippen LogP contribution in [0.1, 0.15) is 18.6 Å². The molecule has 1 aromatic carbocycles. The molecular weight excluding hydrogens is 424 g/mol. The Bertz CT molecular complexity index is 1130. The van der Waals surface area contributed by atoms with Crippen LogP contribution in [0.3, 0.4) is 0 Å². The molecule has 1 N–H and O–H groups in total. The summed E-state index contributed by atoms with van der Waals surface area (Å²) in [6.07, 6.45) is 4.15. The predicted octanol–water partition coefficient (Wildman–Crippen LogP) is 0.981. The van der Waals surface area contributed by atoms with E-state index in [0.29, 0.717) is 36.6 Å². The number of carbonyl (C=O) groups excluding carboxylic acids is 1. The van der Waals surface area contributed by atoms with Crippen molar-refractivity contribution in [3.8, 4) is 11.4 Å². The number of furan rings is 1. The second kappa shape index (κ2) is 8.86. The van der Waals surface area contributed by atoms with Crippen LogP contribution in [0.15, 0.2) is 52.2 Å². The Morgan fingerprint density at radius 1 is 1.35 bits per heavy atom. The number of rotatable bonds is 7. The number of hydrogen-bond donors (Lipinski definition) is 1. The molecule has 1 aliphatic heterocycles. The van der Waals surface area contributed by atoms with E-state index in [1.54, 1.807) is 18.2 Å². The van der Waals surface area contributed by atoms with Crippen LogP contribution in [-0.2, 0) is 21.4 Å². The summed E-state index contributed by atoms with van der Waals surface area (Å²) in [6.45, 7) is 0.732. The third-order valence-electron chi connectivity index (χ3n) is 5.16. The molecule has 31 heavy (non-hydrogen) atoms. The molecule has 12 heteroatoms. The van der Waals surface area contributed by atoms with Gasteiger partial charge < -0.3 is 14.5 Å². The third kappa shape index (κ3) is 4.44. The molecule has 0 saturated carbocycles. The fraction of sp³-hybridized carbons (Fsp3) is 0.368. The molecule has 1 amide bonds. The zero-order valence-electron chi connectivity index (χ0n) is 16.8. The van der Waals surface area contributed by atoms with Gasteiger partial charge in [0.15, 0.2) is 0 Å². The van der Waals surface area contributed by atoms with Gasteiger partial charge in [0.1, 0.15) is 23.5 Å². The molecular formula is C19H22N6O5S. The summed E-state index contributed by atoms with van der Waals surface area (Å²) < 4.78 is 39.8. The molecule has 4 rings (SSSR count). The molecule has 0 radical (unpaired) electrons. The van der Waals surface area contributed by atoms with Crippen LogP contribution in [0.4, 0.5) is 0 Å². The van der Waals surface area contributed by atoms with Crippen molar-refractivity contribution in [1.82, 2.24) is 29.8 Å². The Hall–Kier alpha value is -3.25. The molecule has 0 bridgehead atoms. The van der Waals surface area contributed by atoms with Crippen molar-refractivity contribution in [3.05, 3.63) is 48.7 Å². The molecule has 1 unspecified atom stereocenters. The van der Waals surface area contributed by atoms with Gasteiger partial charge in [-0.2, -0.15) is 8.99 Å². The van der Waals surface area contributed by atoms with Gasteiger partial charge >= 0.3 is 0 Å². The van der Waals surface area contributed by atoms with Crippen LogP contribution in [0.2, 0.25) is 0 Å². The Kier molecular flexibility index (Phi) is 6.00. The van der Waals surface area contributed by atoms with Crippen molar-refractivity contribution in [2.75, 3.05) is 20.2 Å². The van der Waals surface area contributed by atoms with E-state index in [2.05, 4.69) is 20.8 Å². The lowest BCUT2D eigenvalue weighted by molar-refractivity contribution is -0.126. The zero-order valence-corrected chi connectivity index (χ0v) is 17.7. The first-order chi connectivity index (χ1) is 15.0. The van der Waals surface area contributed by atoms with Crippen molar-refractivity contribution in [1.29, 1.82) is 0 Å². The van der Waals surface area contributed by atoms with Crippen molar-refractivity contribution in [2.24, 2.45) is 5.92 Å². The quantitative estimate of drug-likeness (QED) is 0.568. The summed E-state index contributed by atoms with van der Waals surface area (Å²) in [5.41, 5.74) is 0.514. The lowest BCUT2D eigenvalue weighted by Gasteiger charge is -2.31. The lowest BCUT2D eigenvalue weighted by Crippen LogP contribution is -2.45. The molecule has 11 nitrogen and oxygen atoms in total. The minimum absolute atomic E-state index is 0.0813. The van der Waals surface area contributed by atoms with E-state index < -0.39 is 15.9 Å². The van der Waals surface area contributed by atoms with Gasteiger partial charge in [0.25, 0.3) is 0 Å². The maximum absolute atomic E-state index is 13.2. The van der Waals surface area contributed by atoms with Crippen molar-refractivity contribution in [2.45, 2.75) is 24.3 Å². The van der Waals surface area contributed by atoms with Crippen LogP contribution in [0, 0.1) is 5.92 Å². The second-order valence-electron chi connectivity index (χ2n) is 7.09. The van der Waals surface area contributed by atoms with E-state index in [0.717, 1.165) is 0 Å². The summed E-state index contributed by atoms with van der Waals surface area (Å²) in [5.74, 6) is 0.338. The summed E-state index contributed by atoms with van der Waals surface area (Å²) >= 11 is 0. The summed E-state index contributed by atoms with van der Waals surface area (Å²) in [6, 6.07) is 8.02. The summed E-state index contributed by atoms with van der Waals surface area (Å²) in [5, 5.41) is 13.8. The van der Waals surface area contributed by atoms with E-state index in [-0.39, 0.29) is 23.9 Å². The highest BCUT2D eigenvalue weighted by Crippen LogP contribution is 2.29. The zero-order chi connectivity index (χ0) is 21.8. The van der Waals surface area contributed by atoms with Crippen LogP contribution < -0.4 is 10.1 Å². The number of nitrogens with zero attached hydrogens (tertiary/aromatic N) is 5. The number of hydrogen-bond acceptors (Lipinski definition) is 8. The monoisotopic (exact) mass is 446 g/mol. The molecule has 1 saturated heterocycles. The highest BCUT2D eigenvalue weighted by molar-refractivity contribution is 7.89. The number of aromatic nitrogens is 4. The smallest absolute Gasteiger partial charge is 0.243 e. The average Bonchev–Trinajstić information content (AvgIpc) is 3.51. The average molecular weight is 446 g/mol. The third-order valence-corrected chi connectivity index (χ3v) is 7.02. The first-order valence-electron chi connectivity index (χ1n) is 9.70. The van der Waals surface area contributed by atoms with Crippen molar-refractivity contribution >= 4 is 15.9 Å². The molecule has 3 aromatic rings. The predicted molar refractivity (Wildman–Crippen MR) is 108 cm³/mol. The van der Waals surface area contributed by atoms with E-state index in [4.69, 9.17) is 9.15 Å². The number of methoxy groups -OCH3 is 1. The van der Waals surface area contributed by atoms with Gasteiger partial charge in [-0.15, -0.1) is 5.10 Å². The largest absolute Gasteiger partial charge is 0.494 e. The minimum atomic E-state index is -3.81. The first-order valence-corrected chi connectivity index (χ1v) is 11.1. The number of amides is 1. The molecule has 2 aromatic heterocycles. The maximum Gasteiger partial charge on any atom is 0.243 e. The Labute approximate surface area is 179 Å². The normalized spacial score (nSPS) is 17.4. The first kappa shape index (κ1) is 21.0. The Morgan fingerprint density at radius 2 is 2.23 bits per heavy atom. The van der Waals surface area contributed by atoms with Gasteiger partial charge in [0, 0.05) is 19.2 Å². The van der Waals surface area contributed by atoms with Crippen LogP contribution in [0.5, 0.6) is 5.75 Å². The van der Waals surface area contributed by atoms with E-state index in [1.807, 2.05) is 0 Å². The highest BCUT2D eigenvalue weighted by atomic mass is 32.2. The van der Waals surface area contributed by atoms with E-state index in [1.165, 1.54) is 40.8 Å². The van der Waals surface area contributed by atoms with Gasteiger partial charge in [0.05, 0.1) is 30.7 Å². The standard InChI is InChI=1S/C19H22N6O5S/c1-29-18-10-16(6-7-17(18)25-13-21-22-23-25)31(27,28)24-8-2-4-14(12-24)19(26)20-11-15-5-3-9-30-15/h3,5-7,9-10,13-14H,2,4,8,11-12H2,1H3,(H,20,26). The van der Waals surface area contributed by atoms with Gasteiger partial charge in [-0.25, -0.2) is 8.42 Å². The summed E-state index contributed by atoms with van der Waals surface area (Å²) in [4.78, 5) is 12.6. The maximum atomic E-state index is 13.2. The summed E-state index contributed by atoms with van der Waals surface area (Å²) in [7, 11) is -2.37. The fourth-order valence-electron chi connectivity index (χ4n) is 3.53. The molecule has 164 valence electrons. The van der Waals surface area contributed by atoms with Crippen LogP contribution in [0.25, 0.3) is 5.69 Å². The SMILES string of the molecule is COc1cc(S(=O)(=O)N2CCCC(C(=O)NCc3ccco3)C2)ccc1-n1cnnn1. The number of sulfonamides is 1. The number of carbonyl (C=O) groups is 1. The highest BCUT2D eigenvalue weighted by Gasteiger charge is 2.33. The molecule has 3 heterocycles. The fourth-order valence-corrected chi connectivity index (χ4v) is 5.07. The topological polar surface area (TPSA) is 132 Å². The van der Waals surface area contributed by atoms with Crippen LogP contribution >= 0.6 is 0 Å². The number of nitrogens with one attached hydrogen (secondary N) is 1. The molecule has 1 fully saturated rings. The molecule has 0 spiro atoms. The number of tetrazole rings is 1. The molecule has 1 aliphatic rings. The molecule has 0 aliphatic carbocycles. The Balaban J connectivity index is 1.49. The van der Waals surface area contributed by atoms with Gasteiger partial charge in [-0.05, 0) is 47.5 Å². The van der Waals surface area contributed by atoms with Gasteiger partial charge in [-0.1, -0.05) is 0 Å². The van der Waals surface area contributed by atoms with Crippen molar-refractivity contribution < 1.29 is 22.4 Å². The van der Waals surface area contributed by atoms with E-state index >= 15 is 0 Å². The number of ether oxygens (including phenoxy) is 1. The van der Waals surface area contributed by atoms with Gasteiger partial charge in [0.2, 0.25) is 15.9 Å². The second-order valence-corrected chi connectivity index (χ2v) is 9.03. The van der Waals surface area contributed by atoms with Gasteiger partial charge in [-0.3, -0.25) is 4.79 Å². The number of benzene rings is 1. The number of piperidine rings is 1. The molecule has 1 atom stereocenters. The Morgan fingerprint density at radius 3 is 2.94 bits per heavy atom. The van der Waals surface area contributed by atoms with Crippen molar-refractivity contribution in [3.63, 3.8) is 0 Å². The van der Waals surface area contributed by atoms with Crippen LogP contribution in [-0.4, -0.2) is 59.0 Å².